The van der Waals surface area contributed by atoms with E-state index in [0.29, 0.717) is 0 Å². The first-order chi connectivity index (χ1) is 4.90. The molecule has 3 atom stereocenters. The van der Waals surface area contributed by atoms with Gasteiger partial charge in [-0.3, -0.25) is 0 Å². The van der Waals surface area contributed by atoms with Crippen LogP contribution in [0, 0.1) is 0 Å². The number of fused-ring (bicyclic) bond motifs is 2. The number of morpholine rings is 1. The van der Waals surface area contributed by atoms with Gasteiger partial charge < -0.3 is 19.9 Å². The Bertz CT molecular complexity index is 130. The summed E-state index contributed by atoms with van der Waals surface area (Å²) in [5, 5.41) is 11.9. The summed E-state index contributed by atoms with van der Waals surface area (Å²) in [6.45, 7) is 1.59. The molecule has 2 aliphatic heterocycles. The van der Waals surface area contributed by atoms with Crippen molar-refractivity contribution in [1.29, 1.82) is 0 Å². The van der Waals surface area contributed by atoms with Crippen molar-refractivity contribution in [1.82, 2.24) is 5.32 Å². The Hall–Kier alpha value is -0.160. The van der Waals surface area contributed by atoms with Gasteiger partial charge in [-0.2, -0.15) is 0 Å². The average Bonchev–Trinajstić information content (AvgIpc) is 2.26. The van der Waals surface area contributed by atoms with E-state index in [1.165, 1.54) is 0 Å². The summed E-state index contributed by atoms with van der Waals surface area (Å²) in [6, 6.07) is 0. The number of rotatable bonds is 1. The smallest absolute Gasteiger partial charge is 0.171 e. The van der Waals surface area contributed by atoms with Crippen molar-refractivity contribution in [2.45, 2.75) is 18.5 Å². The van der Waals surface area contributed by atoms with Crippen molar-refractivity contribution in [2.75, 3.05) is 19.7 Å². The number of nitrogens with one attached hydrogen (secondary N) is 1. The zero-order valence-corrected chi connectivity index (χ0v) is 5.62. The van der Waals surface area contributed by atoms with E-state index in [1.54, 1.807) is 0 Å². The molecule has 10 heavy (non-hydrogen) atoms. The van der Waals surface area contributed by atoms with Crippen LogP contribution in [0.1, 0.15) is 0 Å². The van der Waals surface area contributed by atoms with Gasteiger partial charge in [0.2, 0.25) is 0 Å². The van der Waals surface area contributed by atoms with E-state index >= 15 is 0 Å². The third-order valence-electron chi connectivity index (χ3n) is 1.90. The van der Waals surface area contributed by atoms with Crippen LogP contribution >= 0.6 is 0 Å². The Labute approximate surface area is 59.1 Å². The number of aliphatic hydroxyl groups is 1. The van der Waals surface area contributed by atoms with Crippen molar-refractivity contribution in [3.05, 3.63) is 0 Å². The van der Waals surface area contributed by atoms with Gasteiger partial charge in [-0.25, -0.2) is 0 Å². The molecule has 0 aromatic heterocycles. The molecular weight excluding hydrogens is 134 g/mol. The summed E-state index contributed by atoms with van der Waals surface area (Å²) in [5.41, 5.74) is 0. The highest BCUT2D eigenvalue weighted by atomic mass is 16.7. The summed E-state index contributed by atoms with van der Waals surface area (Å²) in [4.78, 5) is 0. The molecule has 0 radical (unpaired) electrons. The molecule has 4 nitrogen and oxygen atoms in total. The molecule has 0 amide bonds. The molecule has 2 bridgehead atoms. The van der Waals surface area contributed by atoms with Crippen molar-refractivity contribution < 1.29 is 14.6 Å². The molecule has 58 valence electrons. The van der Waals surface area contributed by atoms with E-state index in [-0.39, 0.29) is 25.1 Å². The zero-order chi connectivity index (χ0) is 6.97. The molecule has 0 aromatic rings. The maximum Gasteiger partial charge on any atom is 0.171 e. The largest absolute Gasteiger partial charge is 0.394 e. The minimum atomic E-state index is -0.129. The highest BCUT2D eigenvalue weighted by Crippen LogP contribution is 2.20. The molecule has 2 heterocycles. The van der Waals surface area contributed by atoms with Gasteiger partial charge in [0.15, 0.2) is 6.29 Å². The third-order valence-corrected chi connectivity index (χ3v) is 1.90. The van der Waals surface area contributed by atoms with Crippen LogP contribution in [0.4, 0.5) is 0 Å². The van der Waals surface area contributed by atoms with Crippen LogP contribution in [0.15, 0.2) is 0 Å². The molecule has 4 heteroatoms. The Balaban J connectivity index is 2.01. The first kappa shape index (κ1) is 6.54. The van der Waals surface area contributed by atoms with E-state index in [2.05, 4.69) is 5.32 Å². The van der Waals surface area contributed by atoms with Gasteiger partial charge in [-0.15, -0.1) is 0 Å². The summed E-state index contributed by atoms with van der Waals surface area (Å²) < 4.78 is 10.7. The second-order valence-corrected chi connectivity index (χ2v) is 2.62. The summed E-state index contributed by atoms with van der Waals surface area (Å²) >= 11 is 0. The molecule has 0 spiro atoms. The maximum atomic E-state index is 8.78. The molecule has 2 saturated heterocycles. The molecule has 2 fully saturated rings. The van der Waals surface area contributed by atoms with Gasteiger partial charge in [-0.1, -0.05) is 0 Å². The minimum Gasteiger partial charge on any atom is -0.394 e. The number of hydrogen-bond acceptors (Lipinski definition) is 4. The Morgan fingerprint density at radius 3 is 3.00 bits per heavy atom. The normalized spacial score (nSPS) is 45.9. The van der Waals surface area contributed by atoms with E-state index < -0.39 is 0 Å². The van der Waals surface area contributed by atoms with Crippen LogP contribution in [-0.2, 0) is 9.47 Å². The summed E-state index contributed by atoms with van der Waals surface area (Å²) in [6.07, 6.45) is -0.181. The van der Waals surface area contributed by atoms with Crippen LogP contribution in [-0.4, -0.2) is 43.3 Å². The van der Waals surface area contributed by atoms with Gasteiger partial charge in [0.05, 0.1) is 6.61 Å². The van der Waals surface area contributed by atoms with Gasteiger partial charge in [0.25, 0.3) is 0 Å². The van der Waals surface area contributed by atoms with Crippen molar-refractivity contribution in [2.24, 2.45) is 0 Å². The summed E-state index contributed by atoms with van der Waals surface area (Å²) in [5.74, 6) is 0. The number of aliphatic hydroxyl groups excluding tert-OH is 1. The maximum absolute atomic E-state index is 8.78. The van der Waals surface area contributed by atoms with E-state index in [9.17, 15) is 0 Å². The Morgan fingerprint density at radius 1 is 1.40 bits per heavy atom. The highest BCUT2D eigenvalue weighted by molar-refractivity contribution is 4.83. The molecule has 0 aliphatic carbocycles. The molecule has 2 aliphatic rings. The van der Waals surface area contributed by atoms with Crippen LogP contribution < -0.4 is 5.32 Å². The van der Waals surface area contributed by atoms with Gasteiger partial charge in [-0.05, 0) is 0 Å². The van der Waals surface area contributed by atoms with E-state index in [1.807, 2.05) is 0 Å². The Kier molecular flexibility index (Phi) is 1.61. The first-order valence-electron chi connectivity index (χ1n) is 3.52. The van der Waals surface area contributed by atoms with Crippen molar-refractivity contribution in [3.8, 4) is 0 Å². The quantitative estimate of drug-likeness (QED) is 0.481. The van der Waals surface area contributed by atoms with E-state index in [0.717, 1.165) is 13.1 Å². The predicted molar refractivity (Wildman–Crippen MR) is 33.5 cm³/mol. The van der Waals surface area contributed by atoms with E-state index in [4.69, 9.17) is 14.6 Å². The predicted octanol–water partition coefficient (Wildman–Crippen LogP) is -1.31. The fraction of sp³-hybridized carbons (Fsp3) is 1.00. The lowest BCUT2D eigenvalue weighted by atomic mass is 10.2. The lowest BCUT2D eigenvalue weighted by Crippen LogP contribution is -2.41. The molecule has 0 saturated carbocycles. The minimum absolute atomic E-state index is 0.0584. The van der Waals surface area contributed by atoms with Crippen molar-refractivity contribution >= 4 is 0 Å². The highest BCUT2D eigenvalue weighted by Gasteiger charge is 2.38. The van der Waals surface area contributed by atoms with Crippen LogP contribution in [0.25, 0.3) is 0 Å². The topological polar surface area (TPSA) is 50.7 Å². The fourth-order valence-electron chi connectivity index (χ4n) is 1.38. The van der Waals surface area contributed by atoms with Crippen LogP contribution in [0.2, 0.25) is 0 Å². The average molecular weight is 145 g/mol. The lowest BCUT2D eigenvalue weighted by molar-refractivity contribution is -0.0791. The lowest BCUT2D eigenvalue weighted by Gasteiger charge is -2.18. The van der Waals surface area contributed by atoms with Crippen LogP contribution in [0.5, 0.6) is 0 Å². The molecular formula is C6H11NO3. The molecule has 2 rings (SSSR count). The SMILES string of the molecule is OC[C@H]1O[C@H]2CNC[C@H]1O2. The number of hydrogen-bond donors (Lipinski definition) is 2. The summed E-state index contributed by atoms with van der Waals surface area (Å²) in [7, 11) is 0. The van der Waals surface area contributed by atoms with Gasteiger partial charge in [0.1, 0.15) is 12.2 Å². The second-order valence-electron chi connectivity index (χ2n) is 2.62. The van der Waals surface area contributed by atoms with Gasteiger partial charge >= 0.3 is 0 Å². The second kappa shape index (κ2) is 2.47. The zero-order valence-electron chi connectivity index (χ0n) is 5.62. The first-order valence-corrected chi connectivity index (χ1v) is 3.52. The molecule has 2 N–H and O–H groups in total. The van der Waals surface area contributed by atoms with Crippen LogP contribution in [0.3, 0.4) is 0 Å². The van der Waals surface area contributed by atoms with Gasteiger partial charge in [0, 0.05) is 13.1 Å². The van der Waals surface area contributed by atoms with Crippen molar-refractivity contribution in [3.63, 3.8) is 0 Å². The number of ether oxygens (including phenoxy) is 2. The Morgan fingerprint density at radius 2 is 2.30 bits per heavy atom. The molecule has 0 unspecified atom stereocenters. The fourth-order valence-corrected chi connectivity index (χ4v) is 1.38. The standard InChI is InChI=1S/C6H11NO3/c8-3-5-4-1-7-2-6(9-4)10-5/h4-8H,1-3H2/t4-,5-,6+/m1/s1. The molecule has 0 aromatic carbocycles. The third kappa shape index (κ3) is 0.932. The monoisotopic (exact) mass is 145 g/mol.